The summed E-state index contributed by atoms with van der Waals surface area (Å²) in [4.78, 5) is 8.15. The lowest BCUT2D eigenvalue weighted by Crippen LogP contribution is -2.49. The van der Waals surface area contributed by atoms with E-state index < -0.39 is 0 Å². The molecule has 3 N–H and O–H groups in total. The van der Waals surface area contributed by atoms with Crippen LogP contribution in [0.4, 0.5) is 0 Å². The van der Waals surface area contributed by atoms with Gasteiger partial charge in [-0.25, -0.2) is 0 Å². The summed E-state index contributed by atoms with van der Waals surface area (Å²) in [6, 6.07) is 0.332. The van der Waals surface area contributed by atoms with Gasteiger partial charge in [0, 0.05) is 24.7 Å². The van der Waals surface area contributed by atoms with Gasteiger partial charge in [0.05, 0.1) is 6.61 Å². The highest BCUT2D eigenvalue weighted by Gasteiger charge is 2.32. The van der Waals surface area contributed by atoms with Crippen LogP contribution in [-0.4, -0.2) is 72.0 Å². The molecule has 1 atom stereocenters. The maximum Gasteiger partial charge on any atom is 0.0589 e. The van der Waals surface area contributed by atoms with Crippen molar-refractivity contribution in [3.63, 3.8) is 0 Å². The first-order valence-electron chi connectivity index (χ1n) is 9.60. The third-order valence-electron chi connectivity index (χ3n) is 6.12. The molecule has 5 heteroatoms. The van der Waals surface area contributed by atoms with Crippen molar-refractivity contribution in [2.45, 2.75) is 37.6 Å². The van der Waals surface area contributed by atoms with E-state index in [4.69, 9.17) is 5.41 Å². The molecular formula is C20H32N4O. The van der Waals surface area contributed by atoms with E-state index in [1.807, 2.05) is 12.3 Å². The van der Waals surface area contributed by atoms with Gasteiger partial charge in [-0.1, -0.05) is 6.08 Å². The Morgan fingerprint density at radius 2 is 1.92 bits per heavy atom. The summed E-state index contributed by atoms with van der Waals surface area (Å²) in [6.45, 7) is 4.74. The number of H-pyrrole nitrogens is 1. The van der Waals surface area contributed by atoms with Crippen molar-refractivity contribution in [1.82, 2.24) is 14.8 Å². The zero-order valence-electron chi connectivity index (χ0n) is 15.3. The fraction of sp³-hybridized carbons (Fsp3) is 0.650. The number of hydrogen-bond acceptors (Lipinski definition) is 4. The van der Waals surface area contributed by atoms with Gasteiger partial charge in [0.1, 0.15) is 0 Å². The average molecular weight is 345 g/mol. The molecule has 25 heavy (non-hydrogen) atoms. The van der Waals surface area contributed by atoms with E-state index in [0.29, 0.717) is 17.9 Å². The predicted octanol–water partition coefficient (Wildman–Crippen LogP) is 2.56. The number of aliphatic hydroxyl groups is 1. The highest BCUT2D eigenvalue weighted by Crippen LogP contribution is 2.33. The minimum absolute atomic E-state index is 0.288. The second kappa shape index (κ2) is 8.79. The Hall–Kier alpha value is -1.43. The Morgan fingerprint density at radius 3 is 2.56 bits per heavy atom. The molecular weight excluding hydrogens is 312 g/mol. The van der Waals surface area contributed by atoms with E-state index in [1.165, 1.54) is 30.2 Å². The smallest absolute Gasteiger partial charge is 0.0589 e. The van der Waals surface area contributed by atoms with Crippen LogP contribution < -0.4 is 0 Å². The number of nitrogens with one attached hydrogen (secondary N) is 2. The molecule has 2 aliphatic rings. The minimum atomic E-state index is 0.288. The van der Waals surface area contributed by atoms with Gasteiger partial charge in [-0.05, 0) is 87.9 Å². The van der Waals surface area contributed by atoms with Crippen LogP contribution in [-0.2, 0) is 0 Å². The summed E-state index contributed by atoms with van der Waals surface area (Å²) in [7, 11) is 2.19. The van der Waals surface area contributed by atoms with Crippen LogP contribution in [0.1, 0.15) is 42.7 Å². The summed E-state index contributed by atoms with van der Waals surface area (Å²) in [5.74, 6) is 1.21. The molecule has 3 heterocycles. The van der Waals surface area contributed by atoms with E-state index in [9.17, 15) is 5.11 Å². The van der Waals surface area contributed by atoms with Crippen molar-refractivity contribution in [3.05, 3.63) is 29.6 Å². The van der Waals surface area contributed by atoms with E-state index >= 15 is 0 Å². The summed E-state index contributed by atoms with van der Waals surface area (Å²) in [5, 5.41) is 17.2. The molecule has 0 amide bonds. The van der Waals surface area contributed by atoms with Crippen molar-refractivity contribution in [2.24, 2.45) is 5.92 Å². The van der Waals surface area contributed by atoms with E-state index in [-0.39, 0.29) is 6.61 Å². The Balaban J connectivity index is 1.58. The van der Waals surface area contributed by atoms with Crippen molar-refractivity contribution in [1.29, 1.82) is 5.41 Å². The molecule has 0 bridgehead atoms. The molecule has 1 aromatic rings. The van der Waals surface area contributed by atoms with Crippen molar-refractivity contribution < 1.29 is 5.11 Å². The number of nitrogens with zero attached hydrogens (tertiary/aromatic N) is 2. The molecule has 0 spiro atoms. The van der Waals surface area contributed by atoms with Crippen LogP contribution in [0.5, 0.6) is 0 Å². The molecule has 1 aromatic heterocycles. The zero-order valence-corrected chi connectivity index (χ0v) is 15.3. The lowest BCUT2D eigenvalue weighted by molar-refractivity contribution is 0.0373. The number of piperidine rings is 2. The summed E-state index contributed by atoms with van der Waals surface area (Å²) in [5.41, 5.74) is 2.58. The minimum Gasteiger partial charge on any atom is -0.395 e. The second-order valence-corrected chi connectivity index (χ2v) is 7.59. The fourth-order valence-electron chi connectivity index (χ4n) is 4.56. The Labute approximate surface area is 151 Å². The summed E-state index contributed by atoms with van der Waals surface area (Å²) >= 11 is 0. The lowest BCUT2D eigenvalue weighted by atomic mass is 9.84. The van der Waals surface area contributed by atoms with E-state index in [1.54, 1.807) is 6.08 Å². The summed E-state index contributed by atoms with van der Waals surface area (Å²) < 4.78 is 0. The van der Waals surface area contributed by atoms with Gasteiger partial charge >= 0.3 is 0 Å². The van der Waals surface area contributed by atoms with Gasteiger partial charge < -0.3 is 20.4 Å². The van der Waals surface area contributed by atoms with Crippen LogP contribution in [0, 0.1) is 11.3 Å². The van der Waals surface area contributed by atoms with Crippen LogP contribution >= 0.6 is 0 Å². The predicted molar refractivity (Wildman–Crippen MR) is 103 cm³/mol. The van der Waals surface area contributed by atoms with Crippen molar-refractivity contribution in [2.75, 3.05) is 39.8 Å². The van der Waals surface area contributed by atoms with Gasteiger partial charge in [-0.3, -0.25) is 4.90 Å². The highest BCUT2D eigenvalue weighted by molar-refractivity contribution is 5.76. The molecule has 0 aromatic carbocycles. The number of likely N-dealkylation sites (tertiary alicyclic amines) is 2. The number of aliphatic hydroxyl groups excluding tert-OH is 1. The second-order valence-electron chi connectivity index (χ2n) is 7.59. The number of allylic oxidation sites excluding steroid dienone is 1. The van der Waals surface area contributed by atoms with Gasteiger partial charge in [-0.15, -0.1) is 0 Å². The van der Waals surface area contributed by atoms with Gasteiger partial charge in [-0.2, -0.15) is 0 Å². The molecule has 0 saturated carbocycles. The van der Waals surface area contributed by atoms with Gasteiger partial charge in [0.15, 0.2) is 0 Å². The molecule has 0 radical (unpaired) electrons. The van der Waals surface area contributed by atoms with E-state index in [2.05, 4.69) is 28.0 Å². The van der Waals surface area contributed by atoms with Crippen LogP contribution in [0.15, 0.2) is 18.5 Å². The SMILES string of the molecule is CN1CCC(C(CO)N2CCC(c3c[nH]cc3/C=C\C=N)CC2)CC1. The van der Waals surface area contributed by atoms with Crippen LogP contribution in [0.2, 0.25) is 0 Å². The molecule has 2 saturated heterocycles. The molecule has 0 aliphatic carbocycles. The maximum absolute atomic E-state index is 10.00. The third-order valence-corrected chi connectivity index (χ3v) is 6.12. The number of hydrogen-bond donors (Lipinski definition) is 3. The van der Waals surface area contributed by atoms with Crippen LogP contribution in [0.25, 0.3) is 6.08 Å². The molecule has 3 rings (SSSR count). The third kappa shape index (κ3) is 4.40. The molecule has 138 valence electrons. The first-order chi connectivity index (χ1) is 12.2. The highest BCUT2D eigenvalue weighted by atomic mass is 16.3. The largest absolute Gasteiger partial charge is 0.395 e. The lowest BCUT2D eigenvalue weighted by Gasteiger charge is -2.42. The Morgan fingerprint density at radius 1 is 1.20 bits per heavy atom. The van der Waals surface area contributed by atoms with E-state index in [0.717, 1.165) is 39.0 Å². The summed E-state index contributed by atoms with van der Waals surface area (Å²) in [6.07, 6.45) is 14.0. The van der Waals surface area contributed by atoms with Crippen molar-refractivity contribution >= 4 is 12.3 Å². The molecule has 5 nitrogen and oxygen atoms in total. The Bertz CT molecular complexity index is 566. The molecule has 2 fully saturated rings. The maximum atomic E-state index is 10.00. The molecule has 2 aliphatic heterocycles. The average Bonchev–Trinajstić information content (AvgIpc) is 3.11. The monoisotopic (exact) mass is 344 g/mol. The molecule has 1 unspecified atom stereocenters. The first-order valence-corrected chi connectivity index (χ1v) is 9.60. The van der Waals surface area contributed by atoms with Gasteiger partial charge in [0.25, 0.3) is 0 Å². The quantitative estimate of drug-likeness (QED) is 0.695. The number of rotatable bonds is 6. The van der Waals surface area contributed by atoms with Gasteiger partial charge in [0.2, 0.25) is 0 Å². The number of aromatic amines is 1. The number of aromatic nitrogens is 1. The standard InChI is InChI=1S/C20H32N4O/c1-23-9-4-17(5-10-23)20(15-25)24-11-6-16(7-12-24)19-14-22-13-18(19)3-2-8-21/h2-3,8,13-14,16-17,20-22,25H,4-7,9-12,15H2,1H3/b3-2-,21-8?. The van der Waals surface area contributed by atoms with Crippen molar-refractivity contribution in [3.8, 4) is 0 Å². The Kier molecular flexibility index (Phi) is 6.45. The first kappa shape index (κ1) is 18.4. The van der Waals surface area contributed by atoms with Crippen LogP contribution in [0.3, 0.4) is 0 Å². The fourth-order valence-corrected chi connectivity index (χ4v) is 4.56. The zero-order chi connectivity index (χ0) is 17.6. The normalized spacial score (nSPS) is 23.3. The topological polar surface area (TPSA) is 66.3 Å².